The van der Waals surface area contributed by atoms with E-state index in [2.05, 4.69) is 4.90 Å². The van der Waals surface area contributed by atoms with E-state index in [0.717, 1.165) is 45.3 Å². The molecule has 16 heavy (non-hydrogen) atoms. The van der Waals surface area contributed by atoms with E-state index in [4.69, 9.17) is 16.2 Å². The third kappa shape index (κ3) is 2.93. The van der Waals surface area contributed by atoms with Gasteiger partial charge < -0.3 is 21.3 Å². The molecule has 0 spiro atoms. The van der Waals surface area contributed by atoms with Crippen LogP contribution >= 0.6 is 0 Å². The summed E-state index contributed by atoms with van der Waals surface area (Å²) in [4.78, 5) is 2.19. The molecule has 4 atom stereocenters. The molecule has 2 aliphatic rings. The van der Waals surface area contributed by atoms with E-state index in [9.17, 15) is 5.11 Å². The third-order valence-electron chi connectivity index (χ3n) is 3.47. The standard InChI is InChI=1S/C11H23N3O2/c12-5-2-1-3-9(13)10-11(16-10)14-6-4-8(15)7-14/h8-11,15H,1-7,12-13H2/t8-,9+,10?,11?/m1/s1. The minimum absolute atomic E-state index is 0.120. The summed E-state index contributed by atoms with van der Waals surface area (Å²) in [7, 11) is 0. The second kappa shape index (κ2) is 5.42. The topological polar surface area (TPSA) is 88.0 Å². The lowest BCUT2D eigenvalue weighted by Gasteiger charge is -2.13. The van der Waals surface area contributed by atoms with Crippen LogP contribution < -0.4 is 11.5 Å². The molecule has 0 radical (unpaired) electrons. The Morgan fingerprint density at radius 1 is 1.44 bits per heavy atom. The molecule has 2 saturated heterocycles. The number of aliphatic hydroxyl groups excluding tert-OH is 1. The Labute approximate surface area is 96.7 Å². The van der Waals surface area contributed by atoms with E-state index < -0.39 is 0 Å². The van der Waals surface area contributed by atoms with Gasteiger partial charge in [-0.3, -0.25) is 4.90 Å². The van der Waals surface area contributed by atoms with Crippen LogP contribution in [0.2, 0.25) is 0 Å². The Kier molecular flexibility index (Phi) is 4.16. The van der Waals surface area contributed by atoms with Crippen LogP contribution in [0.5, 0.6) is 0 Å². The van der Waals surface area contributed by atoms with Crippen molar-refractivity contribution < 1.29 is 9.84 Å². The molecule has 0 amide bonds. The van der Waals surface area contributed by atoms with Gasteiger partial charge in [-0.25, -0.2) is 0 Å². The van der Waals surface area contributed by atoms with Crippen LogP contribution in [0.4, 0.5) is 0 Å². The molecule has 0 aliphatic carbocycles. The number of aliphatic hydroxyl groups is 1. The highest BCUT2D eigenvalue weighted by atomic mass is 16.6. The lowest BCUT2D eigenvalue weighted by atomic mass is 10.1. The first kappa shape index (κ1) is 12.3. The number of likely N-dealkylation sites (tertiary alicyclic amines) is 1. The number of nitrogens with two attached hydrogens (primary N) is 2. The first-order valence-corrected chi connectivity index (χ1v) is 6.25. The maximum Gasteiger partial charge on any atom is 0.139 e. The Balaban J connectivity index is 1.66. The molecule has 2 unspecified atom stereocenters. The van der Waals surface area contributed by atoms with Gasteiger partial charge in [0, 0.05) is 19.1 Å². The molecule has 2 aliphatic heterocycles. The van der Waals surface area contributed by atoms with Crippen molar-refractivity contribution in [2.24, 2.45) is 11.5 Å². The van der Waals surface area contributed by atoms with Crippen molar-refractivity contribution in [3.8, 4) is 0 Å². The van der Waals surface area contributed by atoms with Crippen LogP contribution in [0, 0.1) is 0 Å². The van der Waals surface area contributed by atoms with Crippen molar-refractivity contribution in [3.05, 3.63) is 0 Å². The van der Waals surface area contributed by atoms with Gasteiger partial charge in [0.15, 0.2) is 0 Å². The highest BCUT2D eigenvalue weighted by Gasteiger charge is 2.48. The number of hydrogen-bond donors (Lipinski definition) is 3. The lowest BCUT2D eigenvalue weighted by Crippen LogP contribution is -2.34. The zero-order valence-corrected chi connectivity index (χ0v) is 9.72. The van der Waals surface area contributed by atoms with Crippen molar-refractivity contribution in [1.82, 2.24) is 4.90 Å². The Bertz CT molecular complexity index is 227. The van der Waals surface area contributed by atoms with E-state index in [-0.39, 0.29) is 24.5 Å². The van der Waals surface area contributed by atoms with Gasteiger partial charge in [-0.1, -0.05) is 6.42 Å². The van der Waals surface area contributed by atoms with Crippen molar-refractivity contribution in [2.45, 2.75) is 50.2 Å². The number of rotatable bonds is 6. The van der Waals surface area contributed by atoms with Gasteiger partial charge in [-0.05, 0) is 25.8 Å². The monoisotopic (exact) mass is 229 g/mol. The predicted octanol–water partition coefficient (Wildman–Crippen LogP) is -0.766. The number of β-amino-alcohol motifs (C(OH)–C–C–N with tert-alkyl or cyclic N) is 1. The van der Waals surface area contributed by atoms with Crippen LogP contribution in [0.1, 0.15) is 25.7 Å². The lowest BCUT2D eigenvalue weighted by molar-refractivity contribution is 0.152. The van der Waals surface area contributed by atoms with Gasteiger partial charge in [-0.15, -0.1) is 0 Å². The van der Waals surface area contributed by atoms with Gasteiger partial charge in [0.2, 0.25) is 0 Å². The first-order valence-electron chi connectivity index (χ1n) is 6.25. The van der Waals surface area contributed by atoms with E-state index in [1.54, 1.807) is 0 Å². The smallest absolute Gasteiger partial charge is 0.139 e. The maximum absolute atomic E-state index is 9.43. The zero-order chi connectivity index (χ0) is 11.5. The Morgan fingerprint density at radius 2 is 2.25 bits per heavy atom. The average Bonchev–Trinajstić information content (AvgIpc) is 2.95. The molecule has 0 saturated carbocycles. The van der Waals surface area contributed by atoms with Crippen LogP contribution in [0.15, 0.2) is 0 Å². The van der Waals surface area contributed by atoms with Crippen molar-refractivity contribution in [3.63, 3.8) is 0 Å². The van der Waals surface area contributed by atoms with Gasteiger partial charge in [-0.2, -0.15) is 0 Å². The molecule has 2 rings (SSSR count). The maximum atomic E-state index is 9.43. The molecule has 0 aromatic carbocycles. The van der Waals surface area contributed by atoms with Crippen molar-refractivity contribution in [1.29, 1.82) is 0 Å². The number of unbranched alkanes of at least 4 members (excludes halogenated alkanes) is 1. The minimum atomic E-state index is -0.182. The fourth-order valence-corrected chi connectivity index (χ4v) is 2.41. The molecule has 5 heteroatoms. The number of nitrogens with zero attached hydrogens (tertiary/aromatic N) is 1. The van der Waals surface area contributed by atoms with Gasteiger partial charge in [0.25, 0.3) is 0 Å². The molecule has 0 bridgehead atoms. The zero-order valence-electron chi connectivity index (χ0n) is 9.72. The van der Waals surface area contributed by atoms with Gasteiger partial charge in [0.1, 0.15) is 12.3 Å². The van der Waals surface area contributed by atoms with Crippen LogP contribution in [0.3, 0.4) is 0 Å². The minimum Gasteiger partial charge on any atom is -0.392 e. The summed E-state index contributed by atoms with van der Waals surface area (Å²) >= 11 is 0. The summed E-state index contributed by atoms with van der Waals surface area (Å²) in [5.41, 5.74) is 11.5. The van der Waals surface area contributed by atoms with E-state index in [1.165, 1.54) is 0 Å². The first-order chi connectivity index (χ1) is 7.72. The molecular formula is C11H23N3O2. The molecule has 94 valence electrons. The molecule has 5 N–H and O–H groups in total. The average molecular weight is 229 g/mol. The Morgan fingerprint density at radius 3 is 2.88 bits per heavy atom. The van der Waals surface area contributed by atoms with Gasteiger partial charge in [0.05, 0.1) is 6.10 Å². The second-order valence-corrected chi connectivity index (χ2v) is 4.88. The summed E-state index contributed by atoms with van der Waals surface area (Å²) < 4.78 is 5.60. The van der Waals surface area contributed by atoms with E-state index in [0.29, 0.717) is 0 Å². The SMILES string of the molecule is NCCCC[C@H](N)C1OC1N1CC[C@@H](O)C1. The number of epoxide rings is 1. The van der Waals surface area contributed by atoms with Crippen LogP contribution in [-0.4, -0.2) is 54.1 Å². The molecule has 0 aromatic rings. The fourth-order valence-electron chi connectivity index (χ4n) is 2.41. The second-order valence-electron chi connectivity index (χ2n) is 4.88. The largest absolute Gasteiger partial charge is 0.392 e. The Hall–Kier alpha value is -0.200. The predicted molar refractivity (Wildman–Crippen MR) is 61.7 cm³/mol. The summed E-state index contributed by atoms with van der Waals surface area (Å²) in [5, 5.41) is 9.43. The van der Waals surface area contributed by atoms with Crippen LogP contribution in [-0.2, 0) is 4.74 Å². The molecule has 2 heterocycles. The van der Waals surface area contributed by atoms with E-state index in [1.807, 2.05) is 0 Å². The van der Waals surface area contributed by atoms with E-state index >= 15 is 0 Å². The number of hydrogen-bond acceptors (Lipinski definition) is 5. The quantitative estimate of drug-likeness (QED) is 0.411. The fraction of sp³-hybridized carbons (Fsp3) is 1.00. The summed E-state index contributed by atoms with van der Waals surface area (Å²) in [5.74, 6) is 0. The summed E-state index contributed by atoms with van der Waals surface area (Å²) in [6, 6.07) is 0.120. The molecular weight excluding hydrogens is 206 g/mol. The summed E-state index contributed by atoms with van der Waals surface area (Å²) in [6.45, 7) is 2.40. The molecule has 2 fully saturated rings. The normalized spacial score (nSPS) is 36.6. The van der Waals surface area contributed by atoms with Crippen molar-refractivity contribution in [2.75, 3.05) is 19.6 Å². The van der Waals surface area contributed by atoms with Crippen LogP contribution in [0.25, 0.3) is 0 Å². The van der Waals surface area contributed by atoms with Gasteiger partial charge >= 0.3 is 0 Å². The molecule has 5 nitrogen and oxygen atoms in total. The van der Waals surface area contributed by atoms with Crippen molar-refractivity contribution >= 4 is 0 Å². The highest BCUT2D eigenvalue weighted by molar-refractivity contribution is 4.95. The molecule has 0 aromatic heterocycles. The summed E-state index contributed by atoms with van der Waals surface area (Å²) in [6.07, 6.45) is 4.09. The third-order valence-corrected chi connectivity index (χ3v) is 3.47. The number of ether oxygens (including phenoxy) is 1. The highest BCUT2D eigenvalue weighted by Crippen LogP contribution is 2.32.